The molecule has 170 valence electrons. The van der Waals surface area contributed by atoms with Crippen LogP contribution in [-0.2, 0) is 6.54 Å². The Morgan fingerprint density at radius 3 is 2.44 bits per heavy atom. The number of carbonyl (C=O) groups excluding carboxylic acids is 1. The van der Waals surface area contributed by atoms with E-state index in [1.54, 1.807) is 20.4 Å². The van der Waals surface area contributed by atoms with Crippen LogP contribution in [0.1, 0.15) is 16.1 Å². The molecule has 1 amide bonds. The third kappa shape index (κ3) is 4.11. The number of aromatic amines is 2. The zero-order chi connectivity index (χ0) is 23.5. The fraction of sp³-hybridized carbons (Fsp3) is 0.111. The molecule has 0 aliphatic rings. The van der Waals surface area contributed by atoms with Crippen LogP contribution in [-0.4, -0.2) is 35.3 Å². The molecule has 5 aromatic rings. The van der Waals surface area contributed by atoms with Crippen LogP contribution >= 0.6 is 0 Å². The number of hydrogen-bond donors (Lipinski definition) is 3. The molecule has 7 nitrogen and oxygen atoms in total. The molecule has 0 aliphatic heterocycles. The molecular weight excluding hydrogens is 428 g/mol. The molecule has 0 unspecified atom stereocenters. The van der Waals surface area contributed by atoms with Crippen LogP contribution in [0.4, 0.5) is 0 Å². The number of rotatable bonds is 7. The van der Waals surface area contributed by atoms with Crippen molar-refractivity contribution < 1.29 is 14.3 Å². The highest BCUT2D eigenvalue weighted by Crippen LogP contribution is 2.35. The first-order chi connectivity index (χ1) is 16.7. The van der Waals surface area contributed by atoms with Gasteiger partial charge >= 0.3 is 0 Å². The number of H-pyrrole nitrogens is 2. The number of carbonyl (C=O) groups is 1. The summed E-state index contributed by atoms with van der Waals surface area (Å²) in [4.78, 5) is 16.7. The molecule has 2 aromatic heterocycles. The van der Waals surface area contributed by atoms with Gasteiger partial charge in [-0.15, -0.1) is 0 Å². The van der Waals surface area contributed by atoms with E-state index in [0.29, 0.717) is 12.2 Å². The maximum absolute atomic E-state index is 13.4. The summed E-state index contributed by atoms with van der Waals surface area (Å²) < 4.78 is 10.6. The minimum Gasteiger partial charge on any atom is -0.497 e. The van der Waals surface area contributed by atoms with E-state index in [2.05, 4.69) is 20.5 Å². The van der Waals surface area contributed by atoms with Crippen molar-refractivity contribution in [1.82, 2.24) is 20.5 Å². The SMILES string of the molecule is COc1ccc(-c2c(C(=O)NCc3cccc(OC)c3)[nH]c3cc(-c4cn[nH]c4)ccc23)cc1. The number of methoxy groups -OCH3 is 2. The summed E-state index contributed by atoms with van der Waals surface area (Å²) in [6, 6.07) is 21.5. The van der Waals surface area contributed by atoms with Crippen molar-refractivity contribution in [3.8, 4) is 33.8 Å². The van der Waals surface area contributed by atoms with Crippen molar-refractivity contribution in [2.45, 2.75) is 6.54 Å². The van der Waals surface area contributed by atoms with Gasteiger partial charge in [0.2, 0.25) is 0 Å². The zero-order valence-corrected chi connectivity index (χ0v) is 18.9. The van der Waals surface area contributed by atoms with Gasteiger partial charge in [-0.05, 0) is 47.0 Å². The highest BCUT2D eigenvalue weighted by molar-refractivity contribution is 6.10. The summed E-state index contributed by atoms with van der Waals surface area (Å²) in [5.41, 5.74) is 6.09. The molecule has 0 saturated heterocycles. The van der Waals surface area contributed by atoms with Crippen molar-refractivity contribution in [1.29, 1.82) is 0 Å². The molecule has 7 heteroatoms. The van der Waals surface area contributed by atoms with Gasteiger partial charge in [-0.1, -0.05) is 36.4 Å². The Bertz CT molecular complexity index is 1440. The molecule has 0 radical (unpaired) electrons. The summed E-state index contributed by atoms with van der Waals surface area (Å²) in [6.45, 7) is 0.383. The molecule has 0 bridgehead atoms. The van der Waals surface area contributed by atoms with Crippen LogP contribution in [0.25, 0.3) is 33.2 Å². The second-order valence-electron chi connectivity index (χ2n) is 7.89. The number of nitrogens with one attached hydrogen (secondary N) is 3. The molecule has 2 heterocycles. The van der Waals surface area contributed by atoms with E-state index in [9.17, 15) is 4.79 Å². The predicted molar refractivity (Wildman–Crippen MR) is 132 cm³/mol. The van der Waals surface area contributed by atoms with Gasteiger partial charge in [-0.2, -0.15) is 5.10 Å². The third-order valence-corrected chi connectivity index (χ3v) is 5.82. The topological polar surface area (TPSA) is 92.0 Å². The van der Waals surface area contributed by atoms with Gasteiger partial charge in [0, 0.05) is 34.8 Å². The van der Waals surface area contributed by atoms with Crippen molar-refractivity contribution in [3.63, 3.8) is 0 Å². The first-order valence-electron chi connectivity index (χ1n) is 10.9. The highest BCUT2D eigenvalue weighted by atomic mass is 16.5. The molecule has 0 atom stereocenters. The number of benzene rings is 3. The van der Waals surface area contributed by atoms with Gasteiger partial charge < -0.3 is 19.8 Å². The van der Waals surface area contributed by atoms with Crippen LogP contribution in [0, 0.1) is 0 Å². The summed E-state index contributed by atoms with van der Waals surface area (Å²) in [7, 11) is 3.26. The molecule has 0 spiro atoms. The minimum atomic E-state index is -0.185. The summed E-state index contributed by atoms with van der Waals surface area (Å²) >= 11 is 0. The van der Waals surface area contributed by atoms with Gasteiger partial charge in [-0.3, -0.25) is 9.89 Å². The van der Waals surface area contributed by atoms with Crippen molar-refractivity contribution in [3.05, 3.63) is 90.4 Å². The van der Waals surface area contributed by atoms with E-state index < -0.39 is 0 Å². The van der Waals surface area contributed by atoms with Crippen LogP contribution in [0.15, 0.2) is 79.1 Å². The number of amides is 1. The first-order valence-corrected chi connectivity index (χ1v) is 10.9. The molecule has 3 aromatic carbocycles. The standard InChI is InChI=1S/C27H24N4O3/c1-33-21-9-6-18(7-10-21)25-23-11-8-19(20-15-29-30-16-20)13-24(23)31-26(25)27(32)28-14-17-4-3-5-22(12-17)34-2/h3-13,15-16,31H,14H2,1-2H3,(H,28,32)(H,29,30). The maximum Gasteiger partial charge on any atom is 0.268 e. The molecule has 0 saturated carbocycles. The fourth-order valence-corrected chi connectivity index (χ4v) is 4.07. The highest BCUT2D eigenvalue weighted by Gasteiger charge is 2.20. The van der Waals surface area contributed by atoms with Crippen LogP contribution < -0.4 is 14.8 Å². The molecule has 0 fully saturated rings. The molecule has 0 aliphatic carbocycles. The lowest BCUT2D eigenvalue weighted by atomic mass is 9.99. The molecule has 3 N–H and O–H groups in total. The fourth-order valence-electron chi connectivity index (χ4n) is 4.07. The number of fused-ring (bicyclic) bond motifs is 1. The zero-order valence-electron chi connectivity index (χ0n) is 18.9. The Hall–Kier alpha value is -4.52. The average molecular weight is 453 g/mol. The summed E-state index contributed by atoms with van der Waals surface area (Å²) in [5, 5.41) is 10.9. The van der Waals surface area contributed by atoms with Gasteiger partial charge in [0.05, 0.1) is 20.4 Å². The monoisotopic (exact) mass is 452 g/mol. The van der Waals surface area contributed by atoms with Gasteiger partial charge in [0.25, 0.3) is 5.91 Å². The van der Waals surface area contributed by atoms with E-state index in [0.717, 1.165) is 50.2 Å². The normalized spacial score (nSPS) is 10.9. The van der Waals surface area contributed by atoms with Gasteiger partial charge in [0.15, 0.2) is 0 Å². The van der Waals surface area contributed by atoms with E-state index >= 15 is 0 Å². The van der Waals surface area contributed by atoms with Crippen molar-refractivity contribution in [2.24, 2.45) is 0 Å². The molecular formula is C27H24N4O3. The van der Waals surface area contributed by atoms with Crippen LogP contribution in [0.5, 0.6) is 11.5 Å². The number of aromatic nitrogens is 3. The Labute approximate surface area is 196 Å². The predicted octanol–water partition coefficient (Wildman–Crippen LogP) is 5.17. The largest absolute Gasteiger partial charge is 0.497 e. The molecule has 5 rings (SSSR count). The van der Waals surface area contributed by atoms with E-state index in [1.165, 1.54) is 0 Å². The lowest BCUT2D eigenvalue weighted by Crippen LogP contribution is -2.23. The first kappa shape index (κ1) is 21.3. The number of nitrogens with zero attached hydrogens (tertiary/aromatic N) is 1. The van der Waals surface area contributed by atoms with E-state index in [1.807, 2.05) is 72.9 Å². The van der Waals surface area contributed by atoms with E-state index in [-0.39, 0.29) is 5.91 Å². The third-order valence-electron chi connectivity index (χ3n) is 5.82. The molecule has 34 heavy (non-hydrogen) atoms. The minimum absolute atomic E-state index is 0.185. The lowest BCUT2D eigenvalue weighted by Gasteiger charge is -2.09. The Morgan fingerprint density at radius 2 is 1.71 bits per heavy atom. The smallest absolute Gasteiger partial charge is 0.268 e. The number of hydrogen-bond acceptors (Lipinski definition) is 4. The van der Waals surface area contributed by atoms with E-state index in [4.69, 9.17) is 9.47 Å². The Morgan fingerprint density at radius 1 is 0.912 bits per heavy atom. The van der Waals surface area contributed by atoms with Crippen LogP contribution in [0.3, 0.4) is 0 Å². The second-order valence-corrected chi connectivity index (χ2v) is 7.89. The summed E-state index contributed by atoms with van der Waals surface area (Å²) in [5.74, 6) is 1.33. The van der Waals surface area contributed by atoms with Gasteiger partial charge in [0.1, 0.15) is 17.2 Å². The average Bonchev–Trinajstić information content (AvgIpc) is 3.55. The van der Waals surface area contributed by atoms with Gasteiger partial charge in [-0.25, -0.2) is 0 Å². The van der Waals surface area contributed by atoms with Crippen molar-refractivity contribution in [2.75, 3.05) is 14.2 Å². The Kier molecular flexibility index (Phi) is 5.74. The quantitative estimate of drug-likeness (QED) is 0.318. The van der Waals surface area contributed by atoms with Crippen molar-refractivity contribution >= 4 is 16.8 Å². The van der Waals surface area contributed by atoms with Crippen LogP contribution in [0.2, 0.25) is 0 Å². The lowest BCUT2D eigenvalue weighted by molar-refractivity contribution is 0.0947. The summed E-state index contributed by atoms with van der Waals surface area (Å²) in [6.07, 6.45) is 3.62. The maximum atomic E-state index is 13.4. The number of ether oxygens (including phenoxy) is 2. The second kappa shape index (κ2) is 9.15. The Balaban J connectivity index is 1.54.